The number of nitrogens with zero attached hydrogens (tertiary/aromatic N) is 1. The summed E-state index contributed by atoms with van der Waals surface area (Å²) in [4.78, 5) is 4.54. The topological polar surface area (TPSA) is 12.9 Å². The van der Waals surface area contributed by atoms with E-state index in [1.165, 1.54) is 11.3 Å². The molecule has 0 fully saturated rings. The van der Waals surface area contributed by atoms with Crippen LogP contribution in [0.1, 0.15) is 16.3 Å². The van der Waals surface area contributed by atoms with Gasteiger partial charge in [-0.3, -0.25) is 0 Å². The van der Waals surface area contributed by atoms with Gasteiger partial charge in [0.1, 0.15) is 0 Å². The molecule has 0 saturated heterocycles. The summed E-state index contributed by atoms with van der Waals surface area (Å²) in [7, 11) is 0. The summed E-state index contributed by atoms with van der Waals surface area (Å²) >= 11 is 5.35. The molecule has 0 bridgehead atoms. The third-order valence-corrected chi connectivity index (χ3v) is 4.49. The van der Waals surface area contributed by atoms with Gasteiger partial charge in [0, 0.05) is 10.7 Å². The van der Waals surface area contributed by atoms with E-state index in [9.17, 15) is 0 Å². The molecule has 1 nitrogen and oxygen atoms in total. The van der Waals surface area contributed by atoms with Gasteiger partial charge in [-0.15, -0.1) is 11.3 Å². The van der Waals surface area contributed by atoms with Crippen LogP contribution in [0.4, 0.5) is 0 Å². The maximum atomic E-state index is 4.54. The SMILES string of the molecule is Cc1nc(CC(CBr)Cc2ccccc2)cs1. The molecule has 1 heterocycles. The van der Waals surface area contributed by atoms with Crippen molar-refractivity contribution in [3.05, 3.63) is 52.0 Å². The lowest BCUT2D eigenvalue weighted by atomic mass is 9.97. The molecule has 0 radical (unpaired) electrons. The molecule has 2 rings (SSSR count). The van der Waals surface area contributed by atoms with E-state index in [1.807, 2.05) is 0 Å². The van der Waals surface area contributed by atoms with Crippen molar-refractivity contribution in [3.63, 3.8) is 0 Å². The summed E-state index contributed by atoms with van der Waals surface area (Å²) in [6.07, 6.45) is 2.17. The minimum Gasteiger partial charge on any atom is -0.247 e. The van der Waals surface area contributed by atoms with Gasteiger partial charge in [0.25, 0.3) is 0 Å². The summed E-state index contributed by atoms with van der Waals surface area (Å²) in [5.41, 5.74) is 2.64. The predicted molar refractivity (Wildman–Crippen MR) is 78.0 cm³/mol. The van der Waals surface area contributed by atoms with Gasteiger partial charge in [0.05, 0.1) is 10.7 Å². The molecule has 1 aromatic carbocycles. The lowest BCUT2D eigenvalue weighted by molar-refractivity contribution is 0.584. The lowest BCUT2D eigenvalue weighted by Gasteiger charge is -2.12. The number of aromatic nitrogens is 1. The minimum absolute atomic E-state index is 0.624. The Morgan fingerprint density at radius 3 is 2.59 bits per heavy atom. The second kappa shape index (κ2) is 6.31. The van der Waals surface area contributed by atoms with Gasteiger partial charge in [0.2, 0.25) is 0 Å². The molecule has 3 heteroatoms. The van der Waals surface area contributed by atoms with E-state index < -0.39 is 0 Å². The van der Waals surface area contributed by atoms with Crippen LogP contribution in [0.25, 0.3) is 0 Å². The number of thiazole rings is 1. The van der Waals surface area contributed by atoms with Gasteiger partial charge in [-0.1, -0.05) is 46.3 Å². The minimum atomic E-state index is 0.624. The van der Waals surface area contributed by atoms with E-state index in [-0.39, 0.29) is 0 Å². The van der Waals surface area contributed by atoms with Crippen molar-refractivity contribution in [2.75, 3.05) is 5.33 Å². The zero-order valence-corrected chi connectivity index (χ0v) is 12.3. The molecule has 0 N–H and O–H groups in total. The van der Waals surface area contributed by atoms with Crippen molar-refractivity contribution < 1.29 is 0 Å². The molecule has 1 unspecified atom stereocenters. The summed E-state index contributed by atoms with van der Waals surface area (Å²) < 4.78 is 0. The molecule has 2 aromatic rings. The first-order chi connectivity index (χ1) is 8.28. The van der Waals surface area contributed by atoms with Crippen LogP contribution in [0.5, 0.6) is 0 Å². The molecule has 0 spiro atoms. The molecule has 0 aliphatic heterocycles. The van der Waals surface area contributed by atoms with Crippen molar-refractivity contribution >= 4 is 27.3 Å². The molecular weight excluding hydrogens is 294 g/mol. The molecule has 0 aliphatic carbocycles. The molecule has 1 atom stereocenters. The average Bonchev–Trinajstić information content (AvgIpc) is 2.75. The summed E-state index contributed by atoms with van der Waals surface area (Å²) in [6, 6.07) is 10.7. The largest absolute Gasteiger partial charge is 0.247 e. The zero-order valence-electron chi connectivity index (χ0n) is 9.90. The number of aryl methyl sites for hydroxylation is 1. The highest BCUT2D eigenvalue weighted by Gasteiger charge is 2.11. The fourth-order valence-corrected chi connectivity index (χ4v) is 3.01. The molecular formula is C14H16BrNS. The number of alkyl halides is 1. The van der Waals surface area contributed by atoms with E-state index in [0.717, 1.165) is 23.2 Å². The molecule has 0 amide bonds. The highest BCUT2D eigenvalue weighted by atomic mass is 79.9. The van der Waals surface area contributed by atoms with Crippen LogP contribution < -0.4 is 0 Å². The Morgan fingerprint density at radius 1 is 1.24 bits per heavy atom. The third-order valence-electron chi connectivity index (χ3n) is 2.75. The number of rotatable bonds is 5. The average molecular weight is 310 g/mol. The van der Waals surface area contributed by atoms with Crippen molar-refractivity contribution in [2.45, 2.75) is 19.8 Å². The van der Waals surface area contributed by atoms with Crippen LogP contribution in [0.2, 0.25) is 0 Å². The van der Waals surface area contributed by atoms with Gasteiger partial charge < -0.3 is 0 Å². The second-order valence-electron chi connectivity index (χ2n) is 4.27. The van der Waals surface area contributed by atoms with Gasteiger partial charge >= 0.3 is 0 Å². The fourth-order valence-electron chi connectivity index (χ4n) is 1.93. The van der Waals surface area contributed by atoms with Crippen LogP contribution in [-0.4, -0.2) is 10.3 Å². The number of hydrogen-bond acceptors (Lipinski definition) is 2. The Balaban J connectivity index is 1.98. The van der Waals surface area contributed by atoms with Crippen LogP contribution in [-0.2, 0) is 12.8 Å². The summed E-state index contributed by atoms with van der Waals surface area (Å²) in [6.45, 7) is 2.06. The van der Waals surface area contributed by atoms with Crippen LogP contribution in [0.3, 0.4) is 0 Å². The Morgan fingerprint density at radius 2 is 2.00 bits per heavy atom. The van der Waals surface area contributed by atoms with Gasteiger partial charge in [0.15, 0.2) is 0 Å². The maximum absolute atomic E-state index is 4.54. The quantitative estimate of drug-likeness (QED) is 0.753. The molecule has 1 aromatic heterocycles. The molecule has 0 saturated carbocycles. The van der Waals surface area contributed by atoms with Crippen molar-refractivity contribution in [1.29, 1.82) is 0 Å². The number of halogens is 1. The van der Waals surface area contributed by atoms with Gasteiger partial charge in [-0.25, -0.2) is 4.98 Å². The standard InChI is InChI=1S/C14H16BrNS/c1-11-16-14(10-17-11)8-13(9-15)7-12-5-3-2-4-6-12/h2-6,10,13H,7-9H2,1H3. The highest BCUT2D eigenvalue weighted by Crippen LogP contribution is 2.18. The number of hydrogen-bond donors (Lipinski definition) is 0. The van der Waals surface area contributed by atoms with Crippen LogP contribution >= 0.6 is 27.3 Å². The predicted octanol–water partition coefficient (Wildman–Crippen LogP) is 4.25. The highest BCUT2D eigenvalue weighted by molar-refractivity contribution is 9.09. The smallest absolute Gasteiger partial charge is 0.0897 e. The Labute approximate surface area is 115 Å². The third kappa shape index (κ3) is 3.93. The van der Waals surface area contributed by atoms with E-state index >= 15 is 0 Å². The monoisotopic (exact) mass is 309 g/mol. The van der Waals surface area contributed by atoms with Crippen LogP contribution in [0.15, 0.2) is 35.7 Å². The normalized spacial score (nSPS) is 12.6. The van der Waals surface area contributed by atoms with E-state index in [2.05, 4.69) is 63.5 Å². The van der Waals surface area contributed by atoms with Crippen molar-refractivity contribution in [1.82, 2.24) is 4.98 Å². The second-order valence-corrected chi connectivity index (χ2v) is 5.98. The van der Waals surface area contributed by atoms with Crippen molar-refractivity contribution in [3.8, 4) is 0 Å². The Bertz CT molecular complexity index is 452. The van der Waals surface area contributed by atoms with E-state index in [4.69, 9.17) is 0 Å². The first kappa shape index (κ1) is 12.8. The van der Waals surface area contributed by atoms with E-state index in [1.54, 1.807) is 11.3 Å². The summed E-state index contributed by atoms with van der Waals surface area (Å²) in [5.74, 6) is 0.624. The van der Waals surface area contributed by atoms with Gasteiger partial charge in [-0.05, 0) is 31.2 Å². The first-order valence-corrected chi connectivity index (χ1v) is 7.79. The Hall–Kier alpha value is -0.670. The number of benzene rings is 1. The zero-order chi connectivity index (χ0) is 12.1. The lowest BCUT2D eigenvalue weighted by Crippen LogP contribution is -2.10. The van der Waals surface area contributed by atoms with Gasteiger partial charge in [-0.2, -0.15) is 0 Å². The molecule has 17 heavy (non-hydrogen) atoms. The molecule has 90 valence electrons. The molecule has 0 aliphatic rings. The Kier molecular flexibility index (Phi) is 4.75. The van der Waals surface area contributed by atoms with E-state index in [0.29, 0.717) is 5.92 Å². The maximum Gasteiger partial charge on any atom is 0.0897 e. The van der Waals surface area contributed by atoms with Crippen molar-refractivity contribution in [2.24, 2.45) is 5.92 Å². The van der Waals surface area contributed by atoms with Crippen LogP contribution in [0, 0.1) is 12.8 Å². The first-order valence-electron chi connectivity index (χ1n) is 5.79. The fraction of sp³-hybridized carbons (Fsp3) is 0.357. The summed E-state index contributed by atoms with van der Waals surface area (Å²) in [5, 5.41) is 4.36.